The molecule has 15 heavy (non-hydrogen) atoms. The maximum Gasteiger partial charge on any atom is 0.425 e. The van der Waals surface area contributed by atoms with E-state index in [1.807, 2.05) is 6.92 Å². The molecule has 0 bridgehead atoms. The highest BCUT2D eigenvalue weighted by molar-refractivity contribution is 5.69. The molecule has 0 saturated carbocycles. The lowest BCUT2D eigenvalue weighted by molar-refractivity contribution is -0.222. The van der Waals surface area contributed by atoms with Gasteiger partial charge in [0, 0.05) is 6.42 Å². The van der Waals surface area contributed by atoms with Crippen LogP contribution in [0.15, 0.2) is 0 Å². The molecule has 0 aliphatic carbocycles. The van der Waals surface area contributed by atoms with Gasteiger partial charge in [-0.05, 0) is 12.8 Å². The zero-order valence-corrected chi connectivity index (χ0v) is 9.06. The highest BCUT2D eigenvalue weighted by Crippen LogP contribution is 2.27. The minimum absolute atomic E-state index is 0.0274. The van der Waals surface area contributed by atoms with E-state index in [1.165, 1.54) is 6.92 Å². The third kappa shape index (κ3) is 6.36. The molecule has 0 fully saturated rings. The van der Waals surface area contributed by atoms with E-state index in [2.05, 4.69) is 4.74 Å². The SMILES string of the molecule is CCCCC[C@@H](OC(=O)CC)C(F)(F)F. The summed E-state index contributed by atoms with van der Waals surface area (Å²) in [5, 5.41) is 0. The number of ether oxygens (including phenoxy) is 1. The normalized spacial score (nSPS) is 13.7. The molecule has 0 aromatic heterocycles. The van der Waals surface area contributed by atoms with Crippen LogP contribution in [0.25, 0.3) is 0 Å². The van der Waals surface area contributed by atoms with Gasteiger partial charge in [0.2, 0.25) is 0 Å². The number of halogens is 3. The van der Waals surface area contributed by atoms with Crippen molar-refractivity contribution in [1.29, 1.82) is 0 Å². The molecule has 1 atom stereocenters. The predicted molar refractivity (Wildman–Crippen MR) is 50.4 cm³/mol. The standard InChI is InChI=1S/C10H17F3O2/c1-3-5-6-7-8(10(11,12)13)15-9(14)4-2/h8H,3-7H2,1-2H3/t8-/m1/s1. The largest absolute Gasteiger partial charge is 0.453 e. The Bertz CT molecular complexity index is 190. The summed E-state index contributed by atoms with van der Waals surface area (Å²) in [7, 11) is 0. The van der Waals surface area contributed by atoms with Gasteiger partial charge in [-0.2, -0.15) is 13.2 Å². The molecule has 2 nitrogen and oxygen atoms in total. The van der Waals surface area contributed by atoms with Gasteiger partial charge in [-0.3, -0.25) is 4.79 Å². The fraction of sp³-hybridized carbons (Fsp3) is 0.900. The second kappa shape index (κ2) is 6.69. The first-order chi connectivity index (χ1) is 6.91. The van der Waals surface area contributed by atoms with Crippen molar-refractivity contribution in [2.75, 3.05) is 0 Å². The summed E-state index contributed by atoms with van der Waals surface area (Å²) < 4.78 is 41.4. The van der Waals surface area contributed by atoms with Gasteiger partial charge in [0.1, 0.15) is 0 Å². The van der Waals surface area contributed by atoms with Crippen LogP contribution in [0.3, 0.4) is 0 Å². The van der Waals surface area contributed by atoms with Crippen LogP contribution in [-0.2, 0) is 9.53 Å². The molecule has 0 rings (SSSR count). The molecule has 0 amide bonds. The Morgan fingerprint density at radius 2 is 1.87 bits per heavy atom. The average Bonchev–Trinajstić information content (AvgIpc) is 2.14. The highest BCUT2D eigenvalue weighted by atomic mass is 19.4. The minimum Gasteiger partial charge on any atom is -0.453 e. The van der Waals surface area contributed by atoms with Gasteiger partial charge in [-0.1, -0.05) is 26.7 Å². The van der Waals surface area contributed by atoms with Crippen molar-refractivity contribution in [3.05, 3.63) is 0 Å². The van der Waals surface area contributed by atoms with Crippen LogP contribution in [0.1, 0.15) is 46.0 Å². The van der Waals surface area contributed by atoms with Crippen LogP contribution in [0.2, 0.25) is 0 Å². The molecule has 0 aromatic rings. The number of alkyl halides is 3. The number of esters is 1. The molecular formula is C10H17F3O2. The van der Waals surface area contributed by atoms with E-state index in [0.717, 1.165) is 12.8 Å². The maximum atomic E-state index is 12.4. The van der Waals surface area contributed by atoms with Crippen molar-refractivity contribution in [2.24, 2.45) is 0 Å². The van der Waals surface area contributed by atoms with Crippen molar-refractivity contribution >= 4 is 5.97 Å². The van der Waals surface area contributed by atoms with Crippen molar-refractivity contribution in [2.45, 2.75) is 58.2 Å². The van der Waals surface area contributed by atoms with Crippen molar-refractivity contribution in [3.63, 3.8) is 0 Å². The molecule has 0 spiro atoms. The number of carbonyl (C=O) groups is 1. The predicted octanol–water partition coefficient (Wildman–Crippen LogP) is 3.45. The van der Waals surface area contributed by atoms with Gasteiger partial charge in [-0.15, -0.1) is 0 Å². The fourth-order valence-electron chi connectivity index (χ4n) is 1.11. The number of carbonyl (C=O) groups excluding carboxylic acids is 1. The fourth-order valence-corrected chi connectivity index (χ4v) is 1.11. The molecule has 0 saturated heterocycles. The number of hydrogen-bond donors (Lipinski definition) is 0. The molecule has 0 N–H and O–H groups in total. The quantitative estimate of drug-likeness (QED) is 0.512. The zero-order chi connectivity index (χ0) is 11.9. The second-order valence-electron chi connectivity index (χ2n) is 3.37. The van der Waals surface area contributed by atoms with Gasteiger partial charge in [-0.25, -0.2) is 0 Å². The number of rotatable bonds is 6. The molecule has 0 unspecified atom stereocenters. The average molecular weight is 226 g/mol. The molecule has 90 valence electrons. The number of unbranched alkanes of at least 4 members (excludes halogenated alkanes) is 2. The van der Waals surface area contributed by atoms with E-state index in [-0.39, 0.29) is 12.8 Å². The third-order valence-corrected chi connectivity index (χ3v) is 2.00. The number of hydrogen-bond acceptors (Lipinski definition) is 2. The minimum atomic E-state index is -4.45. The van der Waals surface area contributed by atoms with Gasteiger partial charge in [0.05, 0.1) is 0 Å². The van der Waals surface area contributed by atoms with Crippen LogP contribution < -0.4 is 0 Å². The molecule has 0 heterocycles. The van der Waals surface area contributed by atoms with Crippen molar-refractivity contribution in [1.82, 2.24) is 0 Å². The molecule has 0 aromatic carbocycles. The summed E-state index contributed by atoms with van der Waals surface area (Å²) in [5.74, 6) is -0.797. The van der Waals surface area contributed by atoms with Crippen LogP contribution in [0.5, 0.6) is 0 Å². The monoisotopic (exact) mass is 226 g/mol. The Labute approximate surface area is 87.8 Å². The van der Waals surface area contributed by atoms with Gasteiger partial charge < -0.3 is 4.74 Å². The first kappa shape index (κ1) is 14.3. The van der Waals surface area contributed by atoms with E-state index < -0.39 is 18.2 Å². The summed E-state index contributed by atoms with van der Waals surface area (Å²) in [4.78, 5) is 10.8. The molecule has 0 aliphatic heterocycles. The van der Waals surface area contributed by atoms with Gasteiger partial charge in [0.25, 0.3) is 0 Å². The lowest BCUT2D eigenvalue weighted by Gasteiger charge is -2.20. The van der Waals surface area contributed by atoms with Crippen LogP contribution in [0.4, 0.5) is 13.2 Å². The first-order valence-electron chi connectivity index (χ1n) is 5.18. The molecular weight excluding hydrogens is 209 g/mol. The van der Waals surface area contributed by atoms with Crippen LogP contribution in [-0.4, -0.2) is 18.2 Å². The summed E-state index contributed by atoms with van der Waals surface area (Å²) in [6.07, 6.45) is -4.56. The molecule has 5 heteroatoms. The van der Waals surface area contributed by atoms with E-state index in [4.69, 9.17) is 0 Å². The van der Waals surface area contributed by atoms with E-state index >= 15 is 0 Å². The smallest absolute Gasteiger partial charge is 0.425 e. The summed E-state index contributed by atoms with van der Waals surface area (Å²) >= 11 is 0. The lowest BCUT2D eigenvalue weighted by atomic mass is 10.1. The zero-order valence-electron chi connectivity index (χ0n) is 9.06. The Morgan fingerprint density at radius 3 is 2.27 bits per heavy atom. The third-order valence-electron chi connectivity index (χ3n) is 2.00. The van der Waals surface area contributed by atoms with E-state index in [1.54, 1.807) is 0 Å². The van der Waals surface area contributed by atoms with Gasteiger partial charge >= 0.3 is 12.1 Å². The summed E-state index contributed by atoms with van der Waals surface area (Å²) in [5.41, 5.74) is 0. The van der Waals surface area contributed by atoms with Crippen LogP contribution >= 0.6 is 0 Å². The van der Waals surface area contributed by atoms with E-state index in [9.17, 15) is 18.0 Å². The summed E-state index contributed by atoms with van der Waals surface area (Å²) in [6, 6.07) is 0. The van der Waals surface area contributed by atoms with Crippen molar-refractivity contribution < 1.29 is 22.7 Å². The van der Waals surface area contributed by atoms with Crippen molar-refractivity contribution in [3.8, 4) is 0 Å². The summed E-state index contributed by atoms with van der Waals surface area (Å²) in [6.45, 7) is 3.38. The Hall–Kier alpha value is -0.740. The van der Waals surface area contributed by atoms with Crippen LogP contribution in [0, 0.1) is 0 Å². The topological polar surface area (TPSA) is 26.3 Å². The lowest BCUT2D eigenvalue weighted by Crippen LogP contribution is -2.33. The Kier molecular flexibility index (Phi) is 6.36. The van der Waals surface area contributed by atoms with E-state index in [0.29, 0.717) is 6.42 Å². The highest BCUT2D eigenvalue weighted by Gasteiger charge is 2.41. The van der Waals surface area contributed by atoms with Gasteiger partial charge in [0.15, 0.2) is 6.10 Å². The Balaban J connectivity index is 4.14. The second-order valence-corrected chi connectivity index (χ2v) is 3.37. The molecule has 0 radical (unpaired) electrons. The Morgan fingerprint density at radius 1 is 1.27 bits per heavy atom. The maximum absolute atomic E-state index is 12.4. The first-order valence-corrected chi connectivity index (χ1v) is 5.18. The molecule has 0 aliphatic rings.